The molecule has 7 heteroatoms. The lowest BCUT2D eigenvalue weighted by Gasteiger charge is -2.07. The minimum atomic E-state index is -1.11. The second-order valence-electron chi connectivity index (χ2n) is 4.40. The van der Waals surface area contributed by atoms with Gasteiger partial charge in [0.15, 0.2) is 0 Å². The van der Waals surface area contributed by atoms with Crippen LogP contribution in [-0.4, -0.2) is 25.7 Å². The molecule has 0 radical (unpaired) electrons. The van der Waals surface area contributed by atoms with Crippen LogP contribution in [0.5, 0.6) is 11.6 Å². The fraction of sp³-hybridized carbons (Fsp3) is 0.0714. The summed E-state index contributed by atoms with van der Waals surface area (Å²) in [6, 6.07) is 6.25. The molecule has 0 aliphatic rings. The molecule has 3 aromatic rings. The predicted octanol–water partition coefficient (Wildman–Crippen LogP) is 3.18. The van der Waals surface area contributed by atoms with E-state index < -0.39 is 5.97 Å². The van der Waals surface area contributed by atoms with E-state index in [9.17, 15) is 4.79 Å². The average Bonchev–Trinajstić information content (AvgIpc) is 2.82. The topological polar surface area (TPSA) is 76.7 Å². The third kappa shape index (κ3) is 2.53. The van der Waals surface area contributed by atoms with Crippen LogP contribution in [0, 0.1) is 6.92 Å². The molecule has 1 aromatic carbocycles. The number of nitrogens with zero attached hydrogens (tertiary/aromatic N) is 3. The first-order valence-corrected chi connectivity index (χ1v) is 6.44. The maximum absolute atomic E-state index is 11.1. The molecule has 0 saturated heterocycles. The lowest BCUT2D eigenvalue weighted by molar-refractivity contribution is 0.0696. The van der Waals surface area contributed by atoms with Crippen LogP contribution in [0.15, 0.2) is 36.7 Å². The van der Waals surface area contributed by atoms with Gasteiger partial charge in [0.2, 0.25) is 5.88 Å². The summed E-state index contributed by atoms with van der Waals surface area (Å²) in [7, 11) is 0. The number of ether oxygens (including phenoxy) is 1. The third-order valence-corrected chi connectivity index (χ3v) is 3.19. The Hall–Kier alpha value is -2.60. The van der Waals surface area contributed by atoms with Gasteiger partial charge in [-0.25, -0.2) is 14.3 Å². The number of carboxylic acids is 1. The van der Waals surface area contributed by atoms with Crippen molar-refractivity contribution in [3.05, 3.63) is 52.9 Å². The number of aromatic carboxylic acids is 1. The number of rotatable bonds is 3. The van der Waals surface area contributed by atoms with Gasteiger partial charge in [-0.1, -0.05) is 11.6 Å². The quantitative estimate of drug-likeness (QED) is 0.804. The Bertz CT molecular complexity index is 845. The van der Waals surface area contributed by atoms with Gasteiger partial charge < -0.3 is 9.84 Å². The summed E-state index contributed by atoms with van der Waals surface area (Å²) in [5.74, 6) is -0.426. The molecule has 21 heavy (non-hydrogen) atoms. The second kappa shape index (κ2) is 5.06. The minimum absolute atomic E-state index is 0.0224. The van der Waals surface area contributed by atoms with Crippen LogP contribution in [-0.2, 0) is 0 Å². The molecule has 0 bridgehead atoms. The molecule has 2 heterocycles. The van der Waals surface area contributed by atoms with Gasteiger partial charge in [-0.05, 0) is 31.2 Å². The molecule has 3 rings (SSSR count). The molecule has 2 aromatic heterocycles. The highest BCUT2D eigenvalue weighted by Gasteiger charge is 2.12. The summed E-state index contributed by atoms with van der Waals surface area (Å²) in [6.45, 7) is 1.86. The highest BCUT2D eigenvalue weighted by atomic mass is 35.5. The molecule has 106 valence electrons. The number of hydrogen-bond donors (Lipinski definition) is 1. The van der Waals surface area contributed by atoms with Gasteiger partial charge in [0.1, 0.15) is 11.3 Å². The molecule has 0 aliphatic heterocycles. The Labute approximate surface area is 124 Å². The molecule has 0 saturated carbocycles. The first kappa shape index (κ1) is 13.4. The maximum atomic E-state index is 11.1. The van der Waals surface area contributed by atoms with Crippen molar-refractivity contribution >= 4 is 23.1 Å². The minimum Gasteiger partial charge on any atom is -0.478 e. The molecule has 0 spiro atoms. The van der Waals surface area contributed by atoms with Crippen molar-refractivity contribution in [2.24, 2.45) is 0 Å². The number of aromatic nitrogens is 3. The van der Waals surface area contributed by atoms with E-state index in [1.807, 2.05) is 13.0 Å². The monoisotopic (exact) mass is 303 g/mol. The van der Waals surface area contributed by atoms with Gasteiger partial charge in [-0.3, -0.25) is 0 Å². The highest BCUT2D eigenvalue weighted by Crippen LogP contribution is 2.27. The summed E-state index contributed by atoms with van der Waals surface area (Å²) in [5, 5.41) is 13.5. The van der Waals surface area contributed by atoms with Gasteiger partial charge >= 0.3 is 5.97 Å². The largest absolute Gasteiger partial charge is 0.478 e. The third-order valence-electron chi connectivity index (χ3n) is 2.86. The Morgan fingerprint density at radius 1 is 1.38 bits per heavy atom. The van der Waals surface area contributed by atoms with Crippen LogP contribution in [0.1, 0.15) is 16.1 Å². The predicted molar refractivity (Wildman–Crippen MR) is 76.2 cm³/mol. The number of benzene rings is 1. The van der Waals surface area contributed by atoms with Crippen molar-refractivity contribution in [1.82, 2.24) is 14.6 Å². The highest BCUT2D eigenvalue weighted by molar-refractivity contribution is 6.33. The lowest BCUT2D eigenvalue weighted by Crippen LogP contribution is -1.99. The Morgan fingerprint density at radius 2 is 2.19 bits per heavy atom. The van der Waals surface area contributed by atoms with Crippen LogP contribution in [0.4, 0.5) is 0 Å². The number of halogens is 1. The van der Waals surface area contributed by atoms with E-state index in [1.165, 1.54) is 12.1 Å². The average molecular weight is 304 g/mol. The molecule has 0 aliphatic carbocycles. The molecule has 6 nitrogen and oxygen atoms in total. The number of fused-ring (bicyclic) bond motifs is 1. The van der Waals surface area contributed by atoms with Gasteiger partial charge in [0.25, 0.3) is 0 Å². The van der Waals surface area contributed by atoms with E-state index in [4.69, 9.17) is 21.4 Å². The summed E-state index contributed by atoms with van der Waals surface area (Å²) in [5.41, 5.74) is 1.50. The standard InChI is InChI=1S/C14H10ClN3O3/c1-8-6-12-13(16-4-5-18(12)17-8)21-9-2-3-11(15)10(7-9)14(19)20/h2-7H,1H3,(H,19,20). The van der Waals surface area contributed by atoms with Crippen molar-refractivity contribution in [1.29, 1.82) is 0 Å². The van der Waals surface area contributed by atoms with Crippen molar-refractivity contribution in [3.63, 3.8) is 0 Å². The summed E-state index contributed by atoms with van der Waals surface area (Å²) < 4.78 is 7.30. The van der Waals surface area contributed by atoms with Gasteiger partial charge in [-0.2, -0.15) is 5.10 Å². The zero-order chi connectivity index (χ0) is 15.0. The molecule has 1 N–H and O–H groups in total. The van der Waals surface area contributed by atoms with Crippen LogP contribution >= 0.6 is 11.6 Å². The zero-order valence-electron chi connectivity index (χ0n) is 10.9. The van der Waals surface area contributed by atoms with Crippen LogP contribution in [0.2, 0.25) is 5.02 Å². The van der Waals surface area contributed by atoms with Gasteiger partial charge in [0, 0.05) is 12.4 Å². The normalized spacial score (nSPS) is 10.8. The molecule has 0 fully saturated rings. The summed E-state index contributed by atoms with van der Waals surface area (Å²) >= 11 is 5.83. The molecule has 0 amide bonds. The van der Waals surface area contributed by atoms with E-state index in [1.54, 1.807) is 23.0 Å². The Morgan fingerprint density at radius 3 is 2.95 bits per heavy atom. The second-order valence-corrected chi connectivity index (χ2v) is 4.80. The van der Waals surface area contributed by atoms with Gasteiger partial charge in [0.05, 0.1) is 16.3 Å². The Kier molecular flexibility index (Phi) is 3.23. The lowest BCUT2D eigenvalue weighted by atomic mass is 10.2. The van der Waals surface area contributed by atoms with E-state index in [-0.39, 0.29) is 10.6 Å². The molecule has 0 atom stereocenters. The number of carbonyl (C=O) groups is 1. The van der Waals surface area contributed by atoms with Crippen LogP contribution < -0.4 is 4.74 Å². The first-order chi connectivity index (χ1) is 10.0. The SMILES string of the molecule is Cc1cc2c(Oc3ccc(Cl)c(C(=O)O)c3)nccn2n1. The van der Waals surface area contributed by atoms with E-state index in [0.29, 0.717) is 17.1 Å². The van der Waals surface area contributed by atoms with Crippen molar-refractivity contribution < 1.29 is 14.6 Å². The summed E-state index contributed by atoms with van der Waals surface area (Å²) in [6.07, 6.45) is 3.27. The fourth-order valence-electron chi connectivity index (χ4n) is 1.94. The summed E-state index contributed by atoms with van der Waals surface area (Å²) in [4.78, 5) is 15.2. The van der Waals surface area contributed by atoms with Crippen LogP contribution in [0.25, 0.3) is 5.52 Å². The van der Waals surface area contributed by atoms with E-state index in [0.717, 1.165) is 5.69 Å². The van der Waals surface area contributed by atoms with Crippen molar-refractivity contribution in [2.75, 3.05) is 0 Å². The molecular formula is C14H10ClN3O3. The van der Waals surface area contributed by atoms with Gasteiger partial charge in [-0.15, -0.1) is 0 Å². The van der Waals surface area contributed by atoms with Crippen molar-refractivity contribution in [2.45, 2.75) is 6.92 Å². The van der Waals surface area contributed by atoms with E-state index in [2.05, 4.69) is 10.1 Å². The zero-order valence-corrected chi connectivity index (χ0v) is 11.7. The smallest absolute Gasteiger partial charge is 0.337 e. The molecule has 0 unspecified atom stereocenters. The van der Waals surface area contributed by atoms with Crippen LogP contribution in [0.3, 0.4) is 0 Å². The molecular weight excluding hydrogens is 294 g/mol. The van der Waals surface area contributed by atoms with Crippen molar-refractivity contribution in [3.8, 4) is 11.6 Å². The van der Waals surface area contributed by atoms with E-state index >= 15 is 0 Å². The fourth-order valence-corrected chi connectivity index (χ4v) is 2.14. The first-order valence-electron chi connectivity index (χ1n) is 6.06. The Balaban J connectivity index is 2.02. The number of hydrogen-bond acceptors (Lipinski definition) is 4. The number of aryl methyl sites for hydroxylation is 1. The maximum Gasteiger partial charge on any atom is 0.337 e. The number of carboxylic acid groups (broad SMARTS) is 1.